The Hall–Kier alpha value is -1.92. The van der Waals surface area contributed by atoms with E-state index >= 15 is 0 Å². The summed E-state index contributed by atoms with van der Waals surface area (Å²) in [6.45, 7) is 2.22. The number of oxime groups is 1. The fourth-order valence-electron chi connectivity index (χ4n) is 1.63. The number of nitrogens with two attached hydrogens (primary N) is 1. The van der Waals surface area contributed by atoms with E-state index in [1.54, 1.807) is 0 Å². The number of nitrogens with zero attached hydrogens (tertiary/aromatic N) is 1. The van der Waals surface area contributed by atoms with Crippen molar-refractivity contribution in [3.63, 3.8) is 0 Å². The van der Waals surface area contributed by atoms with Gasteiger partial charge in [0.05, 0.1) is 12.2 Å². The molecule has 1 aromatic rings. The number of rotatable bonds is 6. The third-order valence-corrected chi connectivity index (χ3v) is 2.69. The number of ether oxygens (including phenoxy) is 1. The molecule has 0 aliphatic heterocycles. The Labute approximate surface area is 115 Å². The number of alkyl halides is 3. The molecule has 0 aromatic heterocycles. The number of unbranched alkanes of at least 4 members (excludes halogenated alkanes) is 2. The van der Waals surface area contributed by atoms with Crippen LogP contribution in [0, 0.1) is 0 Å². The molecule has 1 rings (SSSR count). The van der Waals surface area contributed by atoms with E-state index in [0.717, 1.165) is 18.9 Å². The summed E-state index contributed by atoms with van der Waals surface area (Å²) in [4.78, 5) is 0. The molecular weight excluding hydrogens is 273 g/mol. The summed E-state index contributed by atoms with van der Waals surface area (Å²) >= 11 is 0. The summed E-state index contributed by atoms with van der Waals surface area (Å²) in [6, 6.07) is 3.31. The molecule has 0 unspecified atom stereocenters. The van der Waals surface area contributed by atoms with E-state index in [9.17, 15) is 13.2 Å². The molecule has 0 aliphatic rings. The van der Waals surface area contributed by atoms with Crippen molar-refractivity contribution in [2.45, 2.75) is 32.4 Å². The van der Waals surface area contributed by atoms with Gasteiger partial charge in [-0.1, -0.05) is 24.9 Å². The molecule has 0 amide bonds. The molecule has 1 aromatic carbocycles. The topological polar surface area (TPSA) is 67.8 Å². The van der Waals surface area contributed by atoms with Crippen LogP contribution in [0.1, 0.15) is 37.3 Å². The molecule has 4 nitrogen and oxygen atoms in total. The van der Waals surface area contributed by atoms with Crippen LogP contribution in [0.15, 0.2) is 23.4 Å². The third kappa shape index (κ3) is 4.32. The molecule has 0 radical (unpaired) electrons. The minimum absolute atomic E-state index is 0.0132. The molecule has 7 heteroatoms. The van der Waals surface area contributed by atoms with Crippen molar-refractivity contribution in [2.24, 2.45) is 10.9 Å². The van der Waals surface area contributed by atoms with Crippen LogP contribution < -0.4 is 10.5 Å². The minimum atomic E-state index is -4.56. The van der Waals surface area contributed by atoms with Gasteiger partial charge < -0.3 is 15.7 Å². The highest BCUT2D eigenvalue weighted by molar-refractivity contribution is 5.97. The van der Waals surface area contributed by atoms with Gasteiger partial charge in [0.25, 0.3) is 0 Å². The van der Waals surface area contributed by atoms with Crippen LogP contribution in [-0.2, 0) is 6.18 Å². The predicted octanol–water partition coefficient (Wildman–Crippen LogP) is 3.37. The van der Waals surface area contributed by atoms with Gasteiger partial charge in [-0.25, -0.2) is 0 Å². The van der Waals surface area contributed by atoms with Crippen molar-refractivity contribution in [3.8, 4) is 5.75 Å². The molecule has 0 saturated heterocycles. The lowest BCUT2D eigenvalue weighted by Crippen LogP contribution is -2.16. The van der Waals surface area contributed by atoms with E-state index in [1.807, 2.05) is 6.92 Å². The van der Waals surface area contributed by atoms with Crippen LogP contribution >= 0.6 is 0 Å². The Morgan fingerprint density at radius 2 is 2.05 bits per heavy atom. The summed E-state index contributed by atoms with van der Waals surface area (Å²) in [7, 11) is 0. The average Bonchev–Trinajstić information content (AvgIpc) is 2.41. The van der Waals surface area contributed by atoms with Crippen LogP contribution in [0.5, 0.6) is 5.75 Å². The van der Waals surface area contributed by atoms with E-state index in [4.69, 9.17) is 15.7 Å². The van der Waals surface area contributed by atoms with Crippen molar-refractivity contribution in [1.82, 2.24) is 0 Å². The van der Waals surface area contributed by atoms with Gasteiger partial charge in [0.1, 0.15) is 5.75 Å². The maximum Gasteiger partial charge on any atom is 0.419 e. The minimum Gasteiger partial charge on any atom is -0.493 e. The number of benzene rings is 1. The summed E-state index contributed by atoms with van der Waals surface area (Å²) in [5.74, 6) is -0.629. The van der Waals surface area contributed by atoms with Crippen molar-refractivity contribution < 1.29 is 23.1 Å². The quantitative estimate of drug-likeness (QED) is 0.277. The number of hydrogen-bond acceptors (Lipinski definition) is 3. The summed E-state index contributed by atoms with van der Waals surface area (Å²) in [5, 5.41) is 11.2. The van der Waals surface area contributed by atoms with Crippen LogP contribution in [0.2, 0.25) is 0 Å². The monoisotopic (exact) mass is 290 g/mol. The zero-order valence-electron chi connectivity index (χ0n) is 11.1. The SMILES string of the molecule is CCCCCOc1ccc(/C(N)=N/O)cc1C(F)(F)F. The van der Waals surface area contributed by atoms with Crippen molar-refractivity contribution in [1.29, 1.82) is 0 Å². The molecule has 0 atom stereocenters. The largest absolute Gasteiger partial charge is 0.493 e. The summed E-state index contributed by atoms with van der Waals surface area (Å²) in [6.07, 6.45) is -2.02. The first-order chi connectivity index (χ1) is 9.40. The number of amidine groups is 1. The second kappa shape index (κ2) is 7.02. The van der Waals surface area contributed by atoms with E-state index in [1.165, 1.54) is 12.1 Å². The molecule has 0 fully saturated rings. The van der Waals surface area contributed by atoms with Crippen LogP contribution in [0.25, 0.3) is 0 Å². The molecule has 0 bridgehead atoms. The van der Waals surface area contributed by atoms with Crippen molar-refractivity contribution >= 4 is 5.84 Å². The third-order valence-electron chi connectivity index (χ3n) is 2.69. The highest BCUT2D eigenvalue weighted by Crippen LogP contribution is 2.36. The van der Waals surface area contributed by atoms with Gasteiger partial charge in [-0.2, -0.15) is 13.2 Å². The number of hydrogen-bond donors (Lipinski definition) is 2. The lowest BCUT2D eigenvalue weighted by molar-refractivity contribution is -0.139. The first kappa shape index (κ1) is 16.1. The first-order valence-corrected chi connectivity index (χ1v) is 6.22. The standard InChI is InChI=1S/C13H17F3N2O2/c1-2-3-4-7-20-11-6-5-9(12(17)18-19)8-10(11)13(14,15)16/h5-6,8,19H,2-4,7H2,1H3,(H2,17,18). The molecule has 0 saturated carbocycles. The Morgan fingerprint density at radius 3 is 2.60 bits per heavy atom. The molecule has 0 spiro atoms. The Kier molecular flexibility index (Phi) is 5.66. The maximum absolute atomic E-state index is 12.9. The second-order valence-electron chi connectivity index (χ2n) is 4.25. The highest BCUT2D eigenvalue weighted by Gasteiger charge is 2.35. The summed E-state index contributed by atoms with van der Waals surface area (Å²) in [5.41, 5.74) is 4.34. The van der Waals surface area contributed by atoms with E-state index < -0.39 is 11.7 Å². The van der Waals surface area contributed by atoms with Gasteiger partial charge >= 0.3 is 6.18 Å². The van der Waals surface area contributed by atoms with Gasteiger partial charge in [-0.15, -0.1) is 0 Å². The molecule has 112 valence electrons. The lowest BCUT2D eigenvalue weighted by Gasteiger charge is -2.15. The Balaban J connectivity index is 2.99. The smallest absolute Gasteiger partial charge is 0.419 e. The van der Waals surface area contributed by atoms with Crippen LogP contribution in [0.4, 0.5) is 13.2 Å². The van der Waals surface area contributed by atoms with Crippen molar-refractivity contribution in [3.05, 3.63) is 29.3 Å². The maximum atomic E-state index is 12.9. The second-order valence-corrected chi connectivity index (χ2v) is 4.25. The van der Waals surface area contributed by atoms with Gasteiger partial charge in [0.15, 0.2) is 5.84 Å². The zero-order chi connectivity index (χ0) is 15.2. The molecular formula is C13H17F3N2O2. The number of halogens is 3. The van der Waals surface area contributed by atoms with E-state index in [0.29, 0.717) is 6.42 Å². The first-order valence-electron chi connectivity index (χ1n) is 6.22. The average molecular weight is 290 g/mol. The van der Waals surface area contributed by atoms with Crippen LogP contribution in [0.3, 0.4) is 0 Å². The predicted molar refractivity (Wildman–Crippen MR) is 69.0 cm³/mol. The van der Waals surface area contributed by atoms with E-state index in [2.05, 4.69) is 5.16 Å². The summed E-state index contributed by atoms with van der Waals surface area (Å²) < 4.78 is 44.0. The van der Waals surface area contributed by atoms with Gasteiger partial charge in [0, 0.05) is 5.56 Å². The van der Waals surface area contributed by atoms with Gasteiger partial charge in [-0.05, 0) is 24.6 Å². The Bertz CT molecular complexity index is 473. The molecule has 0 aliphatic carbocycles. The van der Waals surface area contributed by atoms with Crippen molar-refractivity contribution in [2.75, 3.05) is 6.61 Å². The lowest BCUT2D eigenvalue weighted by atomic mass is 10.1. The Morgan fingerprint density at radius 1 is 1.35 bits per heavy atom. The molecule has 3 N–H and O–H groups in total. The van der Waals surface area contributed by atoms with Gasteiger partial charge in [-0.3, -0.25) is 0 Å². The highest BCUT2D eigenvalue weighted by atomic mass is 19.4. The van der Waals surface area contributed by atoms with E-state index in [-0.39, 0.29) is 23.8 Å². The van der Waals surface area contributed by atoms with Gasteiger partial charge in [0.2, 0.25) is 0 Å². The fourth-order valence-corrected chi connectivity index (χ4v) is 1.63. The zero-order valence-corrected chi connectivity index (χ0v) is 11.1. The van der Waals surface area contributed by atoms with Crippen LogP contribution in [-0.4, -0.2) is 17.6 Å². The molecule has 0 heterocycles. The molecule has 20 heavy (non-hydrogen) atoms. The fraction of sp³-hybridized carbons (Fsp3) is 0.462. The normalized spacial score (nSPS) is 12.5.